The number of nitrogens with one attached hydrogen (secondary N) is 3. The van der Waals surface area contributed by atoms with Crippen molar-refractivity contribution in [3.05, 3.63) is 64.1 Å². The van der Waals surface area contributed by atoms with Gasteiger partial charge >= 0.3 is 5.76 Å². The molecule has 3 aromatic rings. The van der Waals surface area contributed by atoms with Crippen LogP contribution in [0.15, 0.2) is 51.7 Å². The lowest BCUT2D eigenvalue weighted by Gasteiger charge is -2.23. The number of H-pyrrole nitrogens is 1. The highest BCUT2D eigenvalue weighted by atomic mass is 16.4. The highest BCUT2D eigenvalue weighted by Gasteiger charge is 2.15. The predicted molar refractivity (Wildman–Crippen MR) is 96.1 cm³/mol. The van der Waals surface area contributed by atoms with Gasteiger partial charge in [0.2, 0.25) is 0 Å². The zero-order chi connectivity index (χ0) is 17.2. The zero-order valence-electron chi connectivity index (χ0n) is 13.7. The van der Waals surface area contributed by atoms with Crippen molar-refractivity contribution in [2.75, 3.05) is 18.4 Å². The van der Waals surface area contributed by atoms with Crippen LogP contribution in [0.5, 0.6) is 0 Å². The number of rotatable bonds is 3. The molecule has 6 nitrogen and oxygen atoms in total. The average Bonchev–Trinajstić information content (AvgIpc) is 3.02. The number of hydrogen-bond acceptors (Lipinski definition) is 4. The number of aromatic nitrogens is 1. The van der Waals surface area contributed by atoms with Gasteiger partial charge in [-0.1, -0.05) is 12.1 Å². The van der Waals surface area contributed by atoms with Crippen LogP contribution in [0.2, 0.25) is 0 Å². The van der Waals surface area contributed by atoms with E-state index in [1.54, 1.807) is 18.2 Å². The Morgan fingerprint density at radius 1 is 1.16 bits per heavy atom. The minimum atomic E-state index is -0.508. The Bertz CT molecular complexity index is 950. The zero-order valence-corrected chi connectivity index (χ0v) is 13.7. The topological polar surface area (TPSA) is 87.1 Å². The molecule has 1 aliphatic rings. The van der Waals surface area contributed by atoms with E-state index in [1.807, 2.05) is 24.3 Å². The van der Waals surface area contributed by atoms with Crippen LogP contribution in [-0.2, 0) is 0 Å². The summed E-state index contributed by atoms with van der Waals surface area (Å²) < 4.78 is 5.01. The number of piperidine rings is 1. The number of hydrogen-bond donors (Lipinski definition) is 3. The molecule has 2 heterocycles. The van der Waals surface area contributed by atoms with Crippen molar-refractivity contribution >= 4 is 22.7 Å². The van der Waals surface area contributed by atoms with E-state index in [-0.39, 0.29) is 5.91 Å². The Labute approximate surface area is 144 Å². The van der Waals surface area contributed by atoms with Gasteiger partial charge in [-0.25, -0.2) is 4.79 Å². The number of carbonyl (C=O) groups is 1. The van der Waals surface area contributed by atoms with E-state index in [2.05, 4.69) is 15.6 Å². The van der Waals surface area contributed by atoms with Gasteiger partial charge in [0.05, 0.1) is 5.52 Å². The molecule has 3 N–H and O–H groups in total. The molecule has 1 amide bonds. The number of aromatic amines is 1. The number of carbonyl (C=O) groups excluding carboxylic acids is 1. The van der Waals surface area contributed by atoms with Gasteiger partial charge < -0.3 is 15.1 Å². The van der Waals surface area contributed by atoms with Gasteiger partial charge in [-0.2, -0.15) is 0 Å². The molecule has 1 aromatic heterocycles. The largest absolute Gasteiger partial charge is 0.417 e. The molecular formula is C19H19N3O3. The molecule has 0 aliphatic carbocycles. The van der Waals surface area contributed by atoms with E-state index >= 15 is 0 Å². The standard InChI is InChI=1S/C19H19N3O3/c23-18(21-15-7-8-16-17(10-15)25-19(24)22-16)13-5-3-12(4-6-13)14-2-1-9-20-11-14/h3-8,10,14,20H,1-2,9,11H2,(H,21,23)(H,22,24). The fraction of sp³-hybridized carbons (Fsp3) is 0.263. The number of fused-ring (bicyclic) bond motifs is 1. The molecule has 6 heteroatoms. The number of amides is 1. The highest BCUT2D eigenvalue weighted by molar-refractivity contribution is 6.04. The van der Waals surface area contributed by atoms with Crippen molar-refractivity contribution in [2.45, 2.75) is 18.8 Å². The molecule has 2 aromatic carbocycles. The van der Waals surface area contributed by atoms with Gasteiger partial charge in [-0.3, -0.25) is 9.78 Å². The van der Waals surface area contributed by atoms with E-state index < -0.39 is 5.76 Å². The van der Waals surface area contributed by atoms with E-state index in [9.17, 15) is 9.59 Å². The normalized spacial score (nSPS) is 17.5. The summed E-state index contributed by atoms with van der Waals surface area (Å²) in [5.41, 5.74) is 3.47. The van der Waals surface area contributed by atoms with Gasteiger partial charge in [0.25, 0.3) is 5.91 Å². The van der Waals surface area contributed by atoms with E-state index in [4.69, 9.17) is 4.42 Å². The van der Waals surface area contributed by atoms with Crippen molar-refractivity contribution in [1.29, 1.82) is 0 Å². The Morgan fingerprint density at radius 2 is 2.00 bits per heavy atom. The Balaban J connectivity index is 1.48. The summed E-state index contributed by atoms with van der Waals surface area (Å²) in [6, 6.07) is 12.8. The van der Waals surface area contributed by atoms with Crippen molar-refractivity contribution in [3.8, 4) is 0 Å². The molecule has 1 aliphatic heterocycles. The smallest absolute Gasteiger partial charge is 0.408 e. The van der Waals surface area contributed by atoms with Crippen LogP contribution < -0.4 is 16.4 Å². The first-order valence-corrected chi connectivity index (χ1v) is 8.44. The van der Waals surface area contributed by atoms with E-state index in [1.165, 1.54) is 18.4 Å². The minimum absolute atomic E-state index is 0.189. The van der Waals surface area contributed by atoms with Gasteiger partial charge in [0, 0.05) is 23.9 Å². The Kier molecular flexibility index (Phi) is 4.11. The number of benzene rings is 2. The summed E-state index contributed by atoms with van der Waals surface area (Å²) in [5.74, 6) is -0.179. The molecule has 1 atom stereocenters. The van der Waals surface area contributed by atoms with Crippen molar-refractivity contribution < 1.29 is 9.21 Å². The summed E-state index contributed by atoms with van der Waals surface area (Å²) in [6.45, 7) is 2.08. The fourth-order valence-electron chi connectivity index (χ4n) is 3.27. The van der Waals surface area contributed by atoms with Gasteiger partial charge in [-0.15, -0.1) is 0 Å². The van der Waals surface area contributed by atoms with Crippen LogP contribution in [-0.4, -0.2) is 24.0 Å². The monoisotopic (exact) mass is 337 g/mol. The second-order valence-corrected chi connectivity index (χ2v) is 6.34. The molecule has 0 spiro atoms. The molecule has 1 unspecified atom stereocenters. The first-order valence-electron chi connectivity index (χ1n) is 8.44. The molecule has 0 radical (unpaired) electrons. The van der Waals surface area contributed by atoms with Crippen LogP contribution in [0.3, 0.4) is 0 Å². The minimum Gasteiger partial charge on any atom is -0.408 e. The maximum atomic E-state index is 12.4. The molecule has 4 rings (SSSR count). The molecule has 128 valence electrons. The summed E-state index contributed by atoms with van der Waals surface area (Å²) in [4.78, 5) is 26.2. The van der Waals surface area contributed by atoms with E-state index in [0.717, 1.165) is 13.1 Å². The lowest BCUT2D eigenvalue weighted by molar-refractivity contribution is 0.102. The van der Waals surface area contributed by atoms with Crippen LogP contribution in [0.1, 0.15) is 34.7 Å². The lowest BCUT2D eigenvalue weighted by atomic mass is 9.91. The SMILES string of the molecule is O=C(Nc1ccc2[nH]c(=O)oc2c1)c1ccc(C2CCCNC2)cc1. The second kappa shape index (κ2) is 6.57. The molecule has 0 saturated carbocycles. The molecule has 0 bridgehead atoms. The number of anilines is 1. The van der Waals surface area contributed by atoms with Crippen LogP contribution in [0, 0.1) is 0 Å². The maximum absolute atomic E-state index is 12.4. The molecule has 1 fully saturated rings. The van der Waals surface area contributed by atoms with Crippen molar-refractivity contribution in [3.63, 3.8) is 0 Å². The average molecular weight is 337 g/mol. The Morgan fingerprint density at radius 3 is 2.76 bits per heavy atom. The number of oxazole rings is 1. The third kappa shape index (κ3) is 3.34. The quantitative estimate of drug-likeness (QED) is 0.686. The summed E-state index contributed by atoms with van der Waals surface area (Å²) in [5, 5.41) is 6.24. The van der Waals surface area contributed by atoms with Gasteiger partial charge in [-0.05, 0) is 55.1 Å². The van der Waals surface area contributed by atoms with Crippen molar-refractivity contribution in [2.24, 2.45) is 0 Å². The third-order valence-electron chi connectivity index (χ3n) is 4.62. The van der Waals surface area contributed by atoms with Crippen LogP contribution in [0.25, 0.3) is 11.1 Å². The van der Waals surface area contributed by atoms with E-state index in [0.29, 0.717) is 28.3 Å². The summed E-state index contributed by atoms with van der Waals surface area (Å²) in [6.07, 6.45) is 2.37. The fourth-order valence-corrected chi connectivity index (χ4v) is 3.27. The van der Waals surface area contributed by atoms with Crippen molar-refractivity contribution in [1.82, 2.24) is 10.3 Å². The van der Waals surface area contributed by atoms with Gasteiger partial charge in [0.1, 0.15) is 0 Å². The summed E-state index contributed by atoms with van der Waals surface area (Å²) in [7, 11) is 0. The second-order valence-electron chi connectivity index (χ2n) is 6.34. The maximum Gasteiger partial charge on any atom is 0.417 e. The predicted octanol–water partition coefficient (Wildman–Crippen LogP) is 2.84. The molecule has 25 heavy (non-hydrogen) atoms. The van der Waals surface area contributed by atoms with Gasteiger partial charge in [0.15, 0.2) is 5.58 Å². The van der Waals surface area contributed by atoms with Crippen LogP contribution >= 0.6 is 0 Å². The molecular weight excluding hydrogens is 318 g/mol. The summed E-state index contributed by atoms with van der Waals surface area (Å²) >= 11 is 0. The lowest BCUT2D eigenvalue weighted by Crippen LogP contribution is -2.28. The first kappa shape index (κ1) is 15.7. The first-order chi connectivity index (χ1) is 12.2. The Hall–Kier alpha value is -2.86. The molecule has 1 saturated heterocycles. The van der Waals surface area contributed by atoms with Crippen LogP contribution in [0.4, 0.5) is 5.69 Å². The highest BCUT2D eigenvalue weighted by Crippen LogP contribution is 2.24. The third-order valence-corrected chi connectivity index (χ3v) is 4.62.